The number of nitrogens with zero attached hydrogens (tertiary/aromatic N) is 2. The summed E-state index contributed by atoms with van der Waals surface area (Å²) < 4.78 is 0. The first-order chi connectivity index (χ1) is 8.08. The number of hydrogen-bond donors (Lipinski definition) is 1. The number of thiophene rings is 1. The van der Waals surface area contributed by atoms with Crippen LogP contribution >= 0.6 is 22.9 Å². The van der Waals surface area contributed by atoms with Gasteiger partial charge in [0, 0.05) is 18.0 Å². The minimum atomic E-state index is 0.750. The molecule has 0 fully saturated rings. The van der Waals surface area contributed by atoms with Gasteiger partial charge < -0.3 is 0 Å². The largest absolute Gasteiger partial charge is 0.295 e. The van der Waals surface area contributed by atoms with Crippen molar-refractivity contribution in [3.63, 3.8) is 0 Å². The number of rotatable bonds is 4. The van der Waals surface area contributed by atoms with Crippen LogP contribution in [-0.4, -0.2) is 22.1 Å². The van der Waals surface area contributed by atoms with Crippen LogP contribution in [0.15, 0.2) is 11.4 Å². The number of aromatic amines is 1. The van der Waals surface area contributed by atoms with Gasteiger partial charge in [-0.05, 0) is 37.9 Å². The summed E-state index contributed by atoms with van der Waals surface area (Å²) in [6.07, 6.45) is 0. The second-order valence-electron chi connectivity index (χ2n) is 4.31. The van der Waals surface area contributed by atoms with Gasteiger partial charge >= 0.3 is 0 Å². The minimum Gasteiger partial charge on any atom is -0.295 e. The van der Waals surface area contributed by atoms with Crippen LogP contribution in [0, 0.1) is 13.8 Å². The molecule has 2 aromatic heterocycles. The first-order valence-corrected chi connectivity index (χ1v) is 6.74. The second kappa shape index (κ2) is 5.21. The zero-order chi connectivity index (χ0) is 12.4. The fourth-order valence-corrected chi connectivity index (χ4v) is 2.82. The minimum absolute atomic E-state index is 0.750. The Morgan fingerprint density at radius 1 is 1.41 bits per heavy atom. The predicted molar refractivity (Wildman–Crippen MR) is 72.6 cm³/mol. The highest BCUT2D eigenvalue weighted by molar-refractivity contribution is 7.10. The molecule has 92 valence electrons. The van der Waals surface area contributed by atoms with E-state index in [4.69, 9.17) is 11.6 Å². The molecule has 0 aromatic carbocycles. The number of aromatic nitrogens is 2. The number of aryl methyl sites for hydroxylation is 2. The Hall–Kier alpha value is -0.840. The van der Waals surface area contributed by atoms with E-state index in [1.807, 2.05) is 6.92 Å². The monoisotopic (exact) mass is 269 g/mol. The summed E-state index contributed by atoms with van der Waals surface area (Å²) in [4.78, 5) is 3.62. The van der Waals surface area contributed by atoms with Crippen molar-refractivity contribution in [2.45, 2.75) is 26.9 Å². The maximum absolute atomic E-state index is 6.15. The molecule has 2 aromatic rings. The van der Waals surface area contributed by atoms with Crippen molar-refractivity contribution in [1.29, 1.82) is 0 Å². The van der Waals surface area contributed by atoms with Crippen molar-refractivity contribution >= 4 is 22.9 Å². The highest BCUT2D eigenvalue weighted by Crippen LogP contribution is 2.21. The summed E-state index contributed by atoms with van der Waals surface area (Å²) in [7, 11) is 2.08. The third-order valence-electron chi connectivity index (χ3n) is 2.74. The molecule has 0 aliphatic heterocycles. The third kappa shape index (κ3) is 2.89. The van der Waals surface area contributed by atoms with E-state index in [1.165, 1.54) is 10.4 Å². The third-order valence-corrected chi connectivity index (χ3v) is 4.25. The van der Waals surface area contributed by atoms with Gasteiger partial charge in [-0.3, -0.25) is 10.00 Å². The lowest BCUT2D eigenvalue weighted by Crippen LogP contribution is -2.17. The average Bonchev–Trinajstić information content (AvgIpc) is 2.80. The Balaban J connectivity index is 2.00. The van der Waals surface area contributed by atoms with Gasteiger partial charge in [0.15, 0.2) is 0 Å². The van der Waals surface area contributed by atoms with E-state index in [0.29, 0.717) is 0 Å². The lowest BCUT2D eigenvalue weighted by molar-refractivity contribution is 0.317. The molecule has 3 nitrogen and oxygen atoms in total. The topological polar surface area (TPSA) is 31.9 Å². The van der Waals surface area contributed by atoms with E-state index in [-0.39, 0.29) is 0 Å². The van der Waals surface area contributed by atoms with Gasteiger partial charge in [-0.2, -0.15) is 5.10 Å². The van der Waals surface area contributed by atoms with E-state index >= 15 is 0 Å². The molecule has 0 amide bonds. The summed E-state index contributed by atoms with van der Waals surface area (Å²) in [6.45, 7) is 5.78. The lowest BCUT2D eigenvalue weighted by Gasteiger charge is -2.14. The van der Waals surface area contributed by atoms with E-state index in [0.717, 1.165) is 29.5 Å². The van der Waals surface area contributed by atoms with Crippen LogP contribution in [0.1, 0.15) is 21.8 Å². The van der Waals surface area contributed by atoms with Gasteiger partial charge in [-0.25, -0.2) is 0 Å². The quantitative estimate of drug-likeness (QED) is 0.923. The summed E-state index contributed by atoms with van der Waals surface area (Å²) in [5.41, 5.74) is 3.20. The normalized spacial score (nSPS) is 11.4. The number of hydrogen-bond acceptors (Lipinski definition) is 3. The maximum atomic E-state index is 6.15. The molecule has 2 heterocycles. The van der Waals surface area contributed by atoms with Crippen molar-refractivity contribution in [2.24, 2.45) is 0 Å². The highest BCUT2D eigenvalue weighted by Gasteiger charge is 2.11. The van der Waals surface area contributed by atoms with Crippen LogP contribution in [0.5, 0.6) is 0 Å². The highest BCUT2D eigenvalue weighted by atomic mass is 35.5. The molecular weight excluding hydrogens is 254 g/mol. The zero-order valence-corrected chi connectivity index (χ0v) is 11.8. The molecule has 0 aliphatic carbocycles. The Bertz CT molecular complexity index is 504. The maximum Gasteiger partial charge on any atom is 0.0951 e. The number of nitrogens with one attached hydrogen (secondary N) is 1. The molecule has 0 atom stereocenters. The zero-order valence-electron chi connectivity index (χ0n) is 10.2. The Kier molecular flexibility index (Phi) is 3.86. The Morgan fingerprint density at radius 3 is 2.71 bits per heavy atom. The number of H-pyrrole nitrogens is 1. The van der Waals surface area contributed by atoms with E-state index in [2.05, 4.69) is 40.5 Å². The predicted octanol–water partition coefficient (Wildman–Crippen LogP) is 3.37. The molecule has 0 radical (unpaired) electrons. The summed E-state index contributed by atoms with van der Waals surface area (Å²) >= 11 is 7.94. The molecule has 0 saturated carbocycles. The van der Waals surface area contributed by atoms with Crippen molar-refractivity contribution in [1.82, 2.24) is 15.1 Å². The van der Waals surface area contributed by atoms with Crippen LogP contribution in [-0.2, 0) is 13.1 Å². The molecule has 1 N–H and O–H groups in total. The van der Waals surface area contributed by atoms with Crippen LogP contribution in [0.4, 0.5) is 0 Å². The van der Waals surface area contributed by atoms with Crippen molar-refractivity contribution in [3.05, 3.63) is 38.3 Å². The second-order valence-corrected chi connectivity index (χ2v) is 5.69. The van der Waals surface area contributed by atoms with Crippen LogP contribution in [0.25, 0.3) is 0 Å². The van der Waals surface area contributed by atoms with Gasteiger partial charge in [0.2, 0.25) is 0 Å². The van der Waals surface area contributed by atoms with Crippen LogP contribution in [0.2, 0.25) is 5.02 Å². The summed E-state index contributed by atoms with van der Waals surface area (Å²) in [6, 6.07) is 2.15. The molecule has 17 heavy (non-hydrogen) atoms. The van der Waals surface area contributed by atoms with Crippen LogP contribution in [0.3, 0.4) is 0 Å². The van der Waals surface area contributed by atoms with E-state index in [9.17, 15) is 0 Å². The fourth-order valence-electron chi connectivity index (χ4n) is 1.69. The Labute approximate surface area is 110 Å². The summed E-state index contributed by atoms with van der Waals surface area (Å²) in [5.74, 6) is 0. The fraction of sp³-hybridized carbons (Fsp3) is 0.417. The van der Waals surface area contributed by atoms with E-state index < -0.39 is 0 Å². The number of halogens is 1. The first-order valence-electron chi connectivity index (χ1n) is 5.48. The standard InChI is InChI=1S/C12H16ClN3S/c1-8-4-5-17-11(8)7-16(3)6-10-12(13)9(2)14-15-10/h4-5H,6-7H2,1-3H3,(H,14,15). The Morgan fingerprint density at radius 2 is 2.18 bits per heavy atom. The summed E-state index contributed by atoms with van der Waals surface area (Å²) in [5, 5.41) is 10.00. The molecular formula is C12H16ClN3S. The molecule has 0 aliphatic rings. The van der Waals surface area contributed by atoms with Crippen molar-refractivity contribution < 1.29 is 0 Å². The van der Waals surface area contributed by atoms with E-state index in [1.54, 1.807) is 11.3 Å². The SMILES string of the molecule is Cc1ccsc1CN(C)Cc1n[nH]c(C)c1Cl. The lowest BCUT2D eigenvalue weighted by atomic mass is 10.2. The van der Waals surface area contributed by atoms with Crippen molar-refractivity contribution in [3.8, 4) is 0 Å². The molecule has 5 heteroatoms. The first kappa shape index (κ1) is 12.6. The van der Waals surface area contributed by atoms with Gasteiger partial charge in [0.25, 0.3) is 0 Å². The molecule has 0 unspecified atom stereocenters. The smallest absolute Gasteiger partial charge is 0.0951 e. The van der Waals surface area contributed by atoms with Crippen LogP contribution < -0.4 is 0 Å². The van der Waals surface area contributed by atoms with Gasteiger partial charge in [-0.15, -0.1) is 11.3 Å². The average molecular weight is 270 g/mol. The van der Waals surface area contributed by atoms with Gasteiger partial charge in [-0.1, -0.05) is 11.6 Å². The van der Waals surface area contributed by atoms with Gasteiger partial charge in [0.1, 0.15) is 0 Å². The molecule has 0 saturated heterocycles. The van der Waals surface area contributed by atoms with Gasteiger partial charge in [0.05, 0.1) is 16.4 Å². The molecule has 2 rings (SSSR count). The molecule has 0 bridgehead atoms. The molecule has 0 spiro atoms. The van der Waals surface area contributed by atoms with Crippen molar-refractivity contribution in [2.75, 3.05) is 7.05 Å².